The first kappa shape index (κ1) is 29.7. The summed E-state index contributed by atoms with van der Waals surface area (Å²) in [6.45, 7) is 9.05. The molecule has 40 heavy (non-hydrogen) atoms. The average molecular weight is 553 g/mol. The molecule has 1 aromatic heterocycles. The van der Waals surface area contributed by atoms with Crippen LogP contribution in [0, 0.1) is 0 Å². The first-order valence-electron chi connectivity index (χ1n) is 14.4. The van der Waals surface area contributed by atoms with Gasteiger partial charge in [0, 0.05) is 51.0 Å². The molecule has 0 radical (unpaired) electrons. The van der Waals surface area contributed by atoms with Gasteiger partial charge in [0.05, 0.1) is 11.2 Å². The fraction of sp³-hybridized carbons (Fsp3) is 0.586. The van der Waals surface area contributed by atoms with Gasteiger partial charge in [-0.3, -0.25) is 19.6 Å². The Morgan fingerprint density at radius 3 is 2.23 bits per heavy atom. The van der Waals surface area contributed by atoms with Gasteiger partial charge in [-0.2, -0.15) is 4.98 Å². The number of anilines is 1. The summed E-state index contributed by atoms with van der Waals surface area (Å²) >= 11 is 0. The molecule has 1 aromatic carbocycles. The standard InChI is InChI=1S/C29H44N8O3/c1-4-14-36(23-11-7-22(30)8-12-23)20-21-5-9-24(10-6-21)37-15-13-25(33-28(37)40)32-27(39)35-18-16-34(17-19-35)26(38)29(2,3)31/h5-6,9-10,13,15,22-23H,4,7-8,11-12,14,16-20,30-31H2,1-3H3,(H,32,33,39,40). The van der Waals surface area contributed by atoms with Gasteiger partial charge in [-0.1, -0.05) is 19.1 Å². The van der Waals surface area contributed by atoms with Gasteiger partial charge in [0.25, 0.3) is 0 Å². The average Bonchev–Trinajstić information content (AvgIpc) is 2.93. The van der Waals surface area contributed by atoms with Gasteiger partial charge in [-0.25, -0.2) is 9.59 Å². The fourth-order valence-corrected chi connectivity index (χ4v) is 5.52. The lowest BCUT2D eigenvalue weighted by molar-refractivity contribution is -0.137. The summed E-state index contributed by atoms with van der Waals surface area (Å²) < 4.78 is 1.46. The van der Waals surface area contributed by atoms with E-state index in [9.17, 15) is 14.4 Å². The van der Waals surface area contributed by atoms with Crippen LogP contribution < -0.4 is 22.5 Å². The van der Waals surface area contributed by atoms with Crippen LogP contribution in [-0.2, 0) is 11.3 Å². The van der Waals surface area contributed by atoms with Crippen molar-refractivity contribution in [3.63, 3.8) is 0 Å². The lowest BCUT2D eigenvalue weighted by Crippen LogP contribution is -2.58. The Balaban J connectivity index is 1.34. The number of hydrogen-bond donors (Lipinski definition) is 3. The number of carbonyl (C=O) groups is 2. The molecule has 0 atom stereocenters. The molecule has 1 saturated carbocycles. The summed E-state index contributed by atoms with van der Waals surface area (Å²) in [6.07, 6.45) is 7.18. The van der Waals surface area contributed by atoms with Gasteiger partial charge in [0.15, 0.2) is 0 Å². The predicted molar refractivity (Wildman–Crippen MR) is 156 cm³/mol. The van der Waals surface area contributed by atoms with Gasteiger partial charge in [-0.15, -0.1) is 0 Å². The quantitative estimate of drug-likeness (QED) is 0.455. The number of nitrogens with two attached hydrogens (primary N) is 2. The van der Waals surface area contributed by atoms with Crippen LogP contribution in [0.25, 0.3) is 5.69 Å². The lowest BCUT2D eigenvalue weighted by Gasteiger charge is -2.37. The highest BCUT2D eigenvalue weighted by Gasteiger charge is 2.31. The van der Waals surface area contributed by atoms with E-state index in [1.54, 1.807) is 35.9 Å². The second-order valence-electron chi connectivity index (χ2n) is 11.6. The predicted octanol–water partition coefficient (Wildman–Crippen LogP) is 2.13. The largest absolute Gasteiger partial charge is 0.354 e. The van der Waals surface area contributed by atoms with Crippen LogP contribution in [0.3, 0.4) is 0 Å². The lowest BCUT2D eigenvalue weighted by atomic mass is 9.90. The highest BCUT2D eigenvalue weighted by atomic mass is 16.2. The molecule has 11 heteroatoms. The van der Waals surface area contributed by atoms with E-state index in [0.29, 0.717) is 44.0 Å². The first-order chi connectivity index (χ1) is 19.0. The van der Waals surface area contributed by atoms with Crippen molar-refractivity contribution in [1.29, 1.82) is 0 Å². The maximum atomic E-state index is 12.8. The van der Waals surface area contributed by atoms with E-state index < -0.39 is 11.2 Å². The summed E-state index contributed by atoms with van der Waals surface area (Å²) in [7, 11) is 0. The Kier molecular flexibility index (Phi) is 9.60. The van der Waals surface area contributed by atoms with Crippen LogP contribution in [-0.4, -0.2) is 86.5 Å². The Hall–Kier alpha value is -3.28. The maximum Gasteiger partial charge on any atom is 0.354 e. The third kappa shape index (κ3) is 7.47. The van der Waals surface area contributed by atoms with E-state index in [1.807, 2.05) is 12.1 Å². The van der Waals surface area contributed by atoms with E-state index in [0.717, 1.165) is 45.2 Å². The number of rotatable bonds is 8. The molecule has 2 heterocycles. The Bertz CT molecular complexity index is 1210. The summed E-state index contributed by atoms with van der Waals surface area (Å²) in [5.74, 6) is 0.0467. The summed E-state index contributed by atoms with van der Waals surface area (Å²) in [5.41, 5.74) is 12.5. The maximum absolute atomic E-state index is 12.8. The van der Waals surface area contributed by atoms with Crippen LogP contribution in [0.2, 0.25) is 0 Å². The van der Waals surface area contributed by atoms with Crippen molar-refractivity contribution in [2.75, 3.05) is 38.0 Å². The Morgan fingerprint density at radius 1 is 1.02 bits per heavy atom. The van der Waals surface area contributed by atoms with Crippen molar-refractivity contribution in [2.45, 2.75) is 77.0 Å². The molecule has 1 aliphatic heterocycles. The highest BCUT2D eigenvalue weighted by molar-refractivity contribution is 5.89. The SMILES string of the molecule is CCCN(Cc1ccc(-n2ccc(NC(=O)N3CCN(C(=O)C(C)(C)N)CC3)nc2=O)cc1)C1CCC(N)CC1. The van der Waals surface area contributed by atoms with Crippen LogP contribution in [0.5, 0.6) is 0 Å². The second kappa shape index (κ2) is 12.9. The minimum atomic E-state index is -0.946. The molecular weight excluding hydrogens is 508 g/mol. The van der Waals surface area contributed by atoms with Crippen LogP contribution >= 0.6 is 0 Å². The topological polar surface area (TPSA) is 143 Å². The molecule has 1 aliphatic carbocycles. The number of benzene rings is 1. The zero-order chi connectivity index (χ0) is 28.9. The number of urea groups is 1. The molecule has 11 nitrogen and oxygen atoms in total. The minimum absolute atomic E-state index is 0.140. The number of nitrogens with one attached hydrogen (secondary N) is 1. The number of carbonyl (C=O) groups excluding carboxylic acids is 2. The molecule has 0 unspecified atom stereocenters. The molecule has 3 amide bonds. The first-order valence-corrected chi connectivity index (χ1v) is 14.4. The highest BCUT2D eigenvalue weighted by Crippen LogP contribution is 2.24. The fourth-order valence-electron chi connectivity index (χ4n) is 5.52. The molecule has 2 aliphatic rings. The third-order valence-corrected chi connectivity index (χ3v) is 7.81. The number of nitrogens with zero attached hydrogens (tertiary/aromatic N) is 5. The molecule has 2 aromatic rings. The normalized spacial score (nSPS) is 20.1. The van der Waals surface area contributed by atoms with Crippen molar-refractivity contribution in [3.8, 4) is 5.69 Å². The van der Waals surface area contributed by atoms with Crippen molar-refractivity contribution in [2.24, 2.45) is 11.5 Å². The number of amides is 3. The Labute approximate surface area is 236 Å². The molecule has 0 spiro atoms. The number of hydrogen-bond acceptors (Lipinski definition) is 7. The van der Waals surface area contributed by atoms with Gasteiger partial charge in [0.2, 0.25) is 5.91 Å². The second-order valence-corrected chi connectivity index (χ2v) is 11.6. The third-order valence-electron chi connectivity index (χ3n) is 7.81. The molecule has 1 saturated heterocycles. The van der Waals surface area contributed by atoms with Gasteiger partial charge in [0.1, 0.15) is 5.82 Å². The molecule has 218 valence electrons. The van der Waals surface area contributed by atoms with Gasteiger partial charge < -0.3 is 21.3 Å². The minimum Gasteiger partial charge on any atom is -0.338 e. The monoisotopic (exact) mass is 552 g/mol. The van der Waals surface area contributed by atoms with Crippen molar-refractivity contribution in [1.82, 2.24) is 24.3 Å². The van der Waals surface area contributed by atoms with Crippen LogP contribution in [0.4, 0.5) is 10.6 Å². The van der Waals surface area contributed by atoms with Crippen LogP contribution in [0.1, 0.15) is 58.4 Å². The molecule has 4 rings (SSSR count). The van der Waals surface area contributed by atoms with Gasteiger partial charge in [-0.05, 0) is 76.3 Å². The number of piperazine rings is 1. The van der Waals surface area contributed by atoms with E-state index in [4.69, 9.17) is 11.5 Å². The van der Waals surface area contributed by atoms with E-state index in [2.05, 4.69) is 34.3 Å². The van der Waals surface area contributed by atoms with Crippen molar-refractivity contribution >= 4 is 17.8 Å². The zero-order valence-electron chi connectivity index (χ0n) is 24.0. The van der Waals surface area contributed by atoms with E-state index >= 15 is 0 Å². The molecule has 2 fully saturated rings. The van der Waals surface area contributed by atoms with E-state index in [1.165, 1.54) is 10.1 Å². The number of aromatic nitrogens is 2. The molecule has 5 N–H and O–H groups in total. The zero-order valence-corrected chi connectivity index (χ0v) is 24.0. The van der Waals surface area contributed by atoms with Crippen molar-refractivity contribution < 1.29 is 9.59 Å². The van der Waals surface area contributed by atoms with Crippen LogP contribution in [0.15, 0.2) is 41.3 Å². The van der Waals surface area contributed by atoms with E-state index in [-0.39, 0.29) is 17.8 Å². The molecule has 0 bridgehead atoms. The van der Waals surface area contributed by atoms with Crippen molar-refractivity contribution in [3.05, 3.63) is 52.6 Å². The summed E-state index contributed by atoms with van der Waals surface area (Å²) in [5, 5.41) is 2.70. The Morgan fingerprint density at radius 2 is 1.65 bits per heavy atom. The smallest absolute Gasteiger partial charge is 0.338 e. The summed E-state index contributed by atoms with van der Waals surface area (Å²) in [4.78, 5) is 47.8. The molecular formula is C29H44N8O3. The van der Waals surface area contributed by atoms with Gasteiger partial charge >= 0.3 is 11.7 Å². The summed E-state index contributed by atoms with van der Waals surface area (Å²) in [6, 6.07) is 10.1.